The van der Waals surface area contributed by atoms with Crippen LogP contribution in [0.15, 0.2) is 67.0 Å². The Morgan fingerprint density at radius 3 is 2.48 bits per heavy atom. The SMILES string of the molecule is Cn1ccnc1[C@H](NC(=O)C1CCN(C(=O)COc2ccccc2)CC1)c1ccccc1F. The number of piperidine rings is 1. The van der Waals surface area contributed by atoms with Crippen LogP contribution in [0.1, 0.15) is 30.3 Å². The van der Waals surface area contributed by atoms with Gasteiger partial charge in [-0.05, 0) is 31.0 Å². The molecule has 33 heavy (non-hydrogen) atoms. The van der Waals surface area contributed by atoms with Crippen molar-refractivity contribution in [2.75, 3.05) is 19.7 Å². The van der Waals surface area contributed by atoms with Crippen molar-refractivity contribution in [2.45, 2.75) is 18.9 Å². The third kappa shape index (κ3) is 5.39. The molecule has 0 spiro atoms. The van der Waals surface area contributed by atoms with Crippen LogP contribution < -0.4 is 10.1 Å². The van der Waals surface area contributed by atoms with E-state index in [0.717, 1.165) is 0 Å². The number of carbonyl (C=O) groups is 2. The van der Waals surface area contributed by atoms with Crippen molar-refractivity contribution >= 4 is 11.8 Å². The van der Waals surface area contributed by atoms with Crippen molar-refractivity contribution in [3.05, 3.63) is 84.2 Å². The number of para-hydroxylation sites is 1. The topological polar surface area (TPSA) is 76.5 Å². The molecule has 0 aliphatic carbocycles. The zero-order valence-electron chi connectivity index (χ0n) is 18.5. The third-order valence-electron chi connectivity index (χ3n) is 5.94. The summed E-state index contributed by atoms with van der Waals surface area (Å²) in [6, 6.07) is 14.9. The Bertz CT molecular complexity index is 1090. The number of benzene rings is 2. The molecule has 0 radical (unpaired) electrons. The largest absolute Gasteiger partial charge is 0.484 e. The minimum Gasteiger partial charge on any atom is -0.484 e. The first-order valence-electron chi connectivity index (χ1n) is 11.0. The standard InChI is InChI=1S/C25H27FN4O3/c1-29-16-13-27-24(29)23(20-9-5-6-10-21(20)26)28-25(32)18-11-14-30(15-12-18)22(31)17-33-19-7-3-2-4-8-19/h2-10,13,16,18,23H,11-12,14-15,17H2,1H3,(H,28,32)/t23-/m1/s1. The summed E-state index contributed by atoms with van der Waals surface area (Å²) >= 11 is 0. The van der Waals surface area contributed by atoms with E-state index in [1.807, 2.05) is 25.2 Å². The van der Waals surface area contributed by atoms with E-state index in [4.69, 9.17) is 4.74 Å². The van der Waals surface area contributed by atoms with Crippen LogP contribution in [0.4, 0.5) is 4.39 Å². The molecule has 172 valence electrons. The highest BCUT2D eigenvalue weighted by atomic mass is 19.1. The molecule has 2 heterocycles. The van der Waals surface area contributed by atoms with Gasteiger partial charge in [0.25, 0.3) is 5.91 Å². The lowest BCUT2D eigenvalue weighted by Crippen LogP contribution is -2.45. The summed E-state index contributed by atoms with van der Waals surface area (Å²) in [4.78, 5) is 31.6. The second kappa shape index (κ2) is 10.3. The molecule has 0 bridgehead atoms. The van der Waals surface area contributed by atoms with Crippen LogP contribution in [0.2, 0.25) is 0 Å². The second-order valence-electron chi connectivity index (χ2n) is 8.12. The first-order valence-corrected chi connectivity index (χ1v) is 11.0. The Balaban J connectivity index is 1.36. The number of rotatable bonds is 7. The maximum Gasteiger partial charge on any atom is 0.260 e. The summed E-state index contributed by atoms with van der Waals surface area (Å²) in [5, 5.41) is 2.99. The highest BCUT2D eigenvalue weighted by Crippen LogP contribution is 2.25. The number of amides is 2. The van der Waals surface area contributed by atoms with E-state index in [0.29, 0.717) is 43.1 Å². The smallest absolute Gasteiger partial charge is 0.260 e. The summed E-state index contributed by atoms with van der Waals surface area (Å²) in [5.74, 6) is 0.268. The monoisotopic (exact) mass is 450 g/mol. The van der Waals surface area contributed by atoms with E-state index in [-0.39, 0.29) is 24.3 Å². The number of imidazole rings is 1. The van der Waals surface area contributed by atoms with Gasteiger partial charge in [0.2, 0.25) is 5.91 Å². The van der Waals surface area contributed by atoms with Crippen LogP contribution >= 0.6 is 0 Å². The highest BCUT2D eigenvalue weighted by Gasteiger charge is 2.31. The maximum absolute atomic E-state index is 14.5. The molecule has 2 amide bonds. The van der Waals surface area contributed by atoms with Crippen molar-refractivity contribution in [1.82, 2.24) is 19.8 Å². The third-order valence-corrected chi connectivity index (χ3v) is 5.94. The lowest BCUT2D eigenvalue weighted by atomic mass is 9.94. The molecule has 0 saturated carbocycles. The molecule has 4 rings (SSSR count). The van der Waals surface area contributed by atoms with Gasteiger partial charge in [-0.15, -0.1) is 0 Å². The number of aromatic nitrogens is 2. The fourth-order valence-electron chi connectivity index (χ4n) is 4.05. The average Bonchev–Trinajstić information content (AvgIpc) is 3.27. The number of carbonyl (C=O) groups excluding carboxylic acids is 2. The number of nitrogens with one attached hydrogen (secondary N) is 1. The number of halogens is 1. The van der Waals surface area contributed by atoms with E-state index in [1.54, 1.807) is 52.2 Å². The zero-order valence-corrected chi connectivity index (χ0v) is 18.5. The average molecular weight is 451 g/mol. The van der Waals surface area contributed by atoms with Gasteiger partial charge in [-0.2, -0.15) is 0 Å². The molecule has 1 atom stereocenters. The molecule has 1 saturated heterocycles. The summed E-state index contributed by atoms with van der Waals surface area (Å²) in [5.41, 5.74) is 0.367. The van der Waals surface area contributed by atoms with E-state index in [2.05, 4.69) is 10.3 Å². The van der Waals surface area contributed by atoms with Crippen molar-refractivity contribution < 1.29 is 18.7 Å². The van der Waals surface area contributed by atoms with Crippen molar-refractivity contribution in [2.24, 2.45) is 13.0 Å². The fraction of sp³-hybridized carbons (Fsp3) is 0.320. The minimum absolute atomic E-state index is 0.0323. The van der Waals surface area contributed by atoms with Crippen molar-refractivity contribution in [1.29, 1.82) is 0 Å². The lowest BCUT2D eigenvalue weighted by molar-refractivity contribution is -0.137. The Kier molecular flexibility index (Phi) is 7.02. The Morgan fingerprint density at radius 1 is 1.12 bits per heavy atom. The number of likely N-dealkylation sites (tertiary alicyclic amines) is 1. The molecule has 2 aromatic carbocycles. The lowest BCUT2D eigenvalue weighted by Gasteiger charge is -2.32. The van der Waals surface area contributed by atoms with Crippen molar-refractivity contribution in [3.8, 4) is 5.75 Å². The summed E-state index contributed by atoms with van der Waals surface area (Å²) in [6.07, 6.45) is 4.45. The maximum atomic E-state index is 14.5. The normalized spacial score (nSPS) is 15.2. The first kappa shape index (κ1) is 22.5. The minimum atomic E-state index is -0.697. The van der Waals surface area contributed by atoms with Crippen LogP contribution in [-0.2, 0) is 16.6 Å². The van der Waals surface area contributed by atoms with Gasteiger partial charge in [0.15, 0.2) is 6.61 Å². The van der Waals surface area contributed by atoms with Gasteiger partial charge in [0.05, 0.1) is 0 Å². The highest BCUT2D eigenvalue weighted by molar-refractivity contribution is 5.81. The first-order chi connectivity index (χ1) is 16.0. The van der Waals surface area contributed by atoms with E-state index in [9.17, 15) is 14.0 Å². The fourth-order valence-corrected chi connectivity index (χ4v) is 4.05. The van der Waals surface area contributed by atoms with Gasteiger partial charge in [-0.1, -0.05) is 36.4 Å². The number of aryl methyl sites for hydroxylation is 1. The van der Waals surface area contributed by atoms with Crippen LogP contribution in [0.25, 0.3) is 0 Å². The van der Waals surface area contributed by atoms with Gasteiger partial charge in [0.1, 0.15) is 23.4 Å². The molecular weight excluding hydrogens is 423 g/mol. The quantitative estimate of drug-likeness (QED) is 0.600. The van der Waals surface area contributed by atoms with Crippen LogP contribution in [0, 0.1) is 11.7 Å². The summed E-state index contributed by atoms with van der Waals surface area (Å²) < 4.78 is 21.9. The molecule has 1 fully saturated rings. The molecule has 0 unspecified atom stereocenters. The number of nitrogens with zero attached hydrogens (tertiary/aromatic N) is 3. The zero-order chi connectivity index (χ0) is 23.2. The number of hydrogen-bond acceptors (Lipinski definition) is 4. The van der Waals surface area contributed by atoms with E-state index in [1.165, 1.54) is 6.07 Å². The second-order valence-corrected chi connectivity index (χ2v) is 8.12. The van der Waals surface area contributed by atoms with Gasteiger partial charge >= 0.3 is 0 Å². The Morgan fingerprint density at radius 2 is 1.82 bits per heavy atom. The van der Waals surface area contributed by atoms with Gasteiger partial charge in [0, 0.05) is 44.0 Å². The molecule has 7 nitrogen and oxygen atoms in total. The summed E-state index contributed by atoms with van der Waals surface area (Å²) in [7, 11) is 1.81. The van der Waals surface area contributed by atoms with Crippen LogP contribution in [0.5, 0.6) is 5.75 Å². The number of hydrogen-bond donors (Lipinski definition) is 1. The van der Waals surface area contributed by atoms with Gasteiger partial charge < -0.3 is 19.5 Å². The molecule has 3 aromatic rings. The molecular formula is C25H27FN4O3. The summed E-state index contributed by atoms with van der Waals surface area (Å²) in [6.45, 7) is 0.916. The predicted molar refractivity (Wildman–Crippen MR) is 121 cm³/mol. The molecule has 1 aliphatic heterocycles. The molecule has 1 aromatic heterocycles. The van der Waals surface area contributed by atoms with Crippen LogP contribution in [0.3, 0.4) is 0 Å². The van der Waals surface area contributed by atoms with Crippen LogP contribution in [-0.4, -0.2) is 46.0 Å². The Labute approximate surface area is 192 Å². The van der Waals surface area contributed by atoms with Gasteiger partial charge in [-0.3, -0.25) is 9.59 Å². The predicted octanol–water partition coefficient (Wildman–Crippen LogP) is 3.08. The number of ether oxygens (including phenoxy) is 1. The molecule has 1 aliphatic rings. The van der Waals surface area contributed by atoms with Crippen molar-refractivity contribution in [3.63, 3.8) is 0 Å². The molecule has 1 N–H and O–H groups in total. The van der Waals surface area contributed by atoms with E-state index < -0.39 is 11.9 Å². The van der Waals surface area contributed by atoms with Gasteiger partial charge in [-0.25, -0.2) is 9.37 Å². The molecule has 8 heteroatoms. The van der Waals surface area contributed by atoms with E-state index >= 15 is 0 Å². The Hall–Kier alpha value is -3.68.